The number of amides is 1. The van der Waals surface area contributed by atoms with Gasteiger partial charge in [0.25, 0.3) is 0 Å². The lowest BCUT2D eigenvalue weighted by Gasteiger charge is -2.25. The molecule has 2 aromatic heterocycles. The van der Waals surface area contributed by atoms with E-state index in [0.717, 1.165) is 24.2 Å². The molecule has 0 saturated carbocycles. The van der Waals surface area contributed by atoms with E-state index in [4.69, 9.17) is 4.74 Å². The number of aryl methyl sites for hydroxylation is 1. The smallest absolute Gasteiger partial charge is 0.221 e. The summed E-state index contributed by atoms with van der Waals surface area (Å²) in [6, 6.07) is 5.91. The van der Waals surface area contributed by atoms with Gasteiger partial charge in [-0.05, 0) is 18.6 Å². The lowest BCUT2D eigenvalue weighted by atomic mass is 10.3. The van der Waals surface area contributed by atoms with Gasteiger partial charge in [0.15, 0.2) is 0 Å². The van der Waals surface area contributed by atoms with E-state index in [1.807, 2.05) is 35.0 Å². The average Bonchev–Trinajstić information content (AvgIpc) is 3.08. The first kappa shape index (κ1) is 18.8. The summed E-state index contributed by atoms with van der Waals surface area (Å²) in [5.41, 5.74) is 1.04. The molecule has 0 unspecified atom stereocenters. The van der Waals surface area contributed by atoms with Crippen LogP contribution in [-0.4, -0.2) is 66.6 Å². The Bertz CT molecular complexity index is 843. The van der Waals surface area contributed by atoms with E-state index in [1.165, 1.54) is 4.31 Å². The number of fused-ring (bicyclic) bond motifs is 1. The van der Waals surface area contributed by atoms with Crippen molar-refractivity contribution in [2.45, 2.75) is 19.3 Å². The van der Waals surface area contributed by atoms with Crippen molar-refractivity contribution in [2.75, 3.05) is 38.6 Å². The van der Waals surface area contributed by atoms with Crippen LogP contribution >= 0.6 is 0 Å². The van der Waals surface area contributed by atoms with Crippen molar-refractivity contribution in [3.63, 3.8) is 0 Å². The molecule has 3 rings (SSSR count). The number of carbonyl (C=O) groups is 1. The summed E-state index contributed by atoms with van der Waals surface area (Å²) in [4.78, 5) is 16.3. The molecule has 8 nitrogen and oxygen atoms in total. The molecule has 0 spiro atoms. The van der Waals surface area contributed by atoms with Gasteiger partial charge in [0.1, 0.15) is 5.82 Å². The topological polar surface area (TPSA) is 93.0 Å². The molecular weight excluding hydrogens is 356 g/mol. The van der Waals surface area contributed by atoms with Crippen LogP contribution in [0.5, 0.6) is 0 Å². The number of imidazole rings is 1. The van der Waals surface area contributed by atoms with Crippen molar-refractivity contribution in [3.05, 3.63) is 36.4 Å². The number of nitrogens with zero attached hydrogens (tertiary/aromatic N) is 3. The molecule has 3 heterocycles. The number of nitrogens with one attached hydrogen (secondary N) is 1. The maximum atomic E-state index is 12.2. The molecule has 0 bridgehead atoms. The van der Waals surface area contributed by atoms with Gasteiger partial charge < -0.3 is 14.5 Å². The number of pyridine rings is 1. The van der Waals surface area contributed by atoms with Gasteiger partial charge in [-0.25, -0.2) is 13.4 Å². The Labute approximate surface area is 153 Å². The Morgan fingerprint density at radius 1 is 1.27 bits per heavy atom. The highest BCUT2D eigenvalue weighted by Gasteiger charge is 2.24. The molecule has 0 aromatic carbocycles. The van der Waals surface area contributed by atoms with E-state index in [-0.39, 0.29) is 18.1 Å². The maximum absolute atomic E-state index is 12.2. The van der Waals surface area contributed by atoms with E-state index in [2.05, 4.69) is 10.3 Å². The predicted octanol–water partition coefficient (Wildman–Crippen LogP) is 0.435. The zero-order chi connectivity index (χ0) is 18.4. The van der Waals surface area contributed by atoms with Crippen molar-refractivity contribution in [3.8, 4) is 0 Å². The van der Waals surface area contributed by atoms with Gasteiger partial charge in [-0.1, -0.05) is 6.07 Å². The second-order valence-corrected chi connectivity index (χ2v) is 8.29. The first-order valence-electron chi connectivity index (χ1n) is 8.79. The number of hydrogen-bond acceptors (Lipinski definition) is 5. The Balaban J connectivity index is 1.37. The fourth-order valence-corrected chi connectivity index (χ4v) is 4.33. The van der Waals surface area contributed by atoms with Crippen LogP contribution in [0.1, 0.15) is 18.7 Å². The van der Waals surface area contributed by atoms with Crippen molar-refractivity contribution in [1.82, 2.24) is 19.0 Å². The van der Waals surface area contributed by atoms with Gasteiger partial charge in [0.05, 0.1) is 30.7 Å². The van der Waals surface area contributed by atoms with Crippen LogP contribution in [0.15, 0.2) is 30.6 Å². The molecule has 1 N–H and O–H groups in total. The SMILES string of the molecule is O=C(CCS(=O)(=O)N1CCOCC1)NCCCc1ncc2ccccn12. The molecule has 142 valence electrons. The van der Waals surface area contributed by atoms with Gasteiger partial charge >= 0.3 is 0 Å². The Hall–Kier alpha value is -1.97. The highest BCUT2D eigenvalue weighted by Crippen LogP contribution is 2.08. The second kappa shape index (κ2) is 8.61. The number of carbonyl (C=O) groups excluding carboxylic acids is 1. The summed E-state index contributed by atoms with van der Waals surface area (Å²) in [7, 11) is -3.39. The Morgan fingerprint density at radius 3 is 2.88 bits per heavy atom. The molecule has 0 atom stereocenters. The zero-order valence-corrected chi connectivity index (χ0v) is 15.5. The maximum Gasteiger partial charge on any atom is 0.221 e. The molecule has 0 radical (unpaired) electrons. The molecule has 1 saturated heterocycles. The minimum atomic E-state index is -3.39. The number of aromatic nitrogens is 2. The van der Waals surface area contributed by atoms with Gasteiger partial charge in [-0.15, -0.1) is 0 Å². The predicted molar refractivity (Wildman–Crippen MR) is 97.3 cm³/mol. The summed E-state index contributed by atoms with van der Waals surface area (Å²) < 4.78 is 32.9. The number of hydrogen-bond donors (Lipinski definition) is 1. The minimum Gasteiger partial charge on any atom is -0.379 e. The Kier molecular flexibility index (Phi) is 6.23. The van der Waals surface area contributed by atoms with E-state index in [1.54, 1.807) is 0 Å². The lowest BCUT2D eigenvalue weighted by molar-refractivity contribution is -0.120. The van der Waals surface area contributed by atoms with Gasteiger partial charge in [-0.3, -0.25) is 4.79 Å². The van der Waals surface area contributed by atoms with Gasteiger partial charge in [0, 0.05) is 38.7 Å². The highest BCUT2D eigenvalue weighted by atomic mass is 32.2. The molecule has 1 aliphatic rings. The molecule has 1 fully saturated rings. The summed E-state index contributed by atoms with van der Waals surface area (Å²) in [5.74, 6) is 0.545. The van der Waals surface area contributed by atoms with Crippen molar-refractivity contribution in [1.29, 1.82) is 0 Å². The monoisotopic (exact) mass is 380 g/mol. The lowest BCUT2D eigenvalue weighted by Crippen LogP contribution is -2.42. The molecule has 0 aliphatic carbocycles. The Morgan fingerprint density at radius 2 is 2.08 bits per heavy atom. The van der Waals surface area contributed by atoms with Crippen LogP contribution in [0.4, 0.5) is 0 Å². The second-order valence-electron chi connectivity index (χ2n) is 6.20. The molecule has 1 amide bonds. The van der Waals surface area contributed by atoms with Crippen molar-refractivity contribution >= 4 is 21.4 Å². The summed E-state index contributed by atoms with van der Waals surface area (Å²) in [5, 5.41) is 2.79. The van der Waals surface area contributed by atoms with Gasteiger partial charge in [0.2, 0.25) is 15.9 Å². The molecule has 26 heavy (non-hydrogen) atoms. The van der Waals surface area contributed by atoms with Crippen LogP contribution in [0, 0.1) is 0 Å². The highest BCUT2D eigenvalue weighted by molar-refractivity contribution is 7.89. The first-order valence-corrected chi connectivity index (χ1v) is 10.4. The largest absolute Gasteiger partial charge is 0.379 e. The number of sulfonamides is 1. The van der Waals surface area contributed by atoms with Gasteiger partial charge in [-0.2, -0.15) is 4.31 Å². The third-order valence-corrected chi connectivity index (χ3v) is 6.24. The molecular formula is C17H24N4O4S. The first-order chi connectivity index (χ1) is 12.6. The van der Waals surface area contributed by atoms with E-state index < -0.39 is 10.0 Å². The molecule has 1 aliphatic heterocycles. The van der Waals surface area contributed by atoms with Crippen molar-refractivity contribution in [2.24, 2.45) is 0 Å². The third kappa shape index (κ3) is 4.80. The van der Waals surface area contributed by atoms with Crippen molar-refractivity contribution < 1.29 is 17.9 Å². The van der Waals surface area contributed by atoms with Crippen LogP contribution in [0.25, 0.3) is 5.52 Å². The minimum absolute atomic E-state index is 0.0218. The normalized spacial score (nSPS) is 16.0. The van der Waals surface area contributed by atoms with E-state index in [0.29, 0.717) is 32.8 Å². The van der Waals surface area contributed by atoms with Crippen LogP contribution in [0.2, 0.25) is 0 Å². The number of rotatable bonds is 8. The number of morpholine rings is 1. The standard InChI is InChI=1S/C17H24N4O4S/c22-17(6-13-26(23,24)20-9-11-25-12-10-20)18-7-3-5-16-19-14-15-4-1-2-8-21(15)16/h1-2,4,8,14H,3,5-7,9-13H2,(H,18,22). The molecule has 2 aromatic rings. The van der Waals surface area contributed by atoms with Crippen LogP contribution in [0.3, 0.4) is 0 Å². The fourth-order valence-electron chi connectivity index (χ4n) is 2.92. The van der Waals surface area contributed by atoms with Crippen LogP contribution in [-0.2, 0) is 26.0 Å². The van der Waals surface area contributed by atoms with E-state index in [9.17, 15) is 13.2 Å². The average molecular weight is 380 g/mol. The third-order valence-electron chi connectivity index (χ3n) is 4.37. The quantitative estimate of drug-likeness (QED) is 0.671. The fraction of sp³-hybridized carbons (Fsp3) is 0.529. The zero-order valence-electron chi connectivity index (χ0n) is 14.6. The summed E-state index contributed by atoms with van der Waals surface area (Å²) in [6.45, 7) is 2.05. The summed E-state index contributed by atoms with van der Waals surface area (Å²) in [6.07, 6.45) is 5.25. The summed E-state index contributed by atoms with van der Waals surface area (Å²) >= 11 is 0. The number of ether oxygens (including phenoxy) is 1. The van der Waals surface area contributed by atoms with Crippen LogP contribution < -0.4 is 5.32 Å². The molecule has 9 heteroatoms. The van der Waals surface area contributed by atoms with E-state index >= 15 is 0 Å².